The summed E-state index contributed by atoms with van der Waals surface area (Å²) in [5.41, 5.74) is 0. The highest BCUT2D eigenvalue weighted by Gasteiger charge is 2.30. The van der Waals surface area contributed by atoms with Gasteiger partial charge >= 0.3 is 0 Å². The molecule has 3 atom stereocenters. The predicted molar refractivity (Wildman–Crippen MR) is 70.1 cm³/mol. The molecule has 0 aromatic carbocycles. The molecule has 1 heterocycles. The van der Waals surface area contributed by atoms with Gasteiger partial charge in [-0.3, -0.25) is 0 Å². The van der Waals surface area contributed by atoms with Crippen molar-refractivity contribution in [3.05, 3.63) is 0 Å². The highest BCUT2D eigenvalue weighted by Crippen LogP contribution is 2.36. The Morgan fingerprint density at radius 3 is 2.53 bits per heavy atom. The number of ether oxygens (including phenoxy) is 1. The van der Waals surface area contributed by atoms with Gasteiger partial charge < -0.3 is 10.1 Å². The van der Waals surface area contributed by atoms with Crippen LogP contribution in [0.15, 0.2) is 0 Å². The molecule has 0 aromatic heterocycles. The third kappa shape index (κ3) is 3.45. The van der Waals surface area contributed by atoms with Crippen molar-refractivity contribution in [3.8, 4) is 0 Å². The molecule has 3 unspecified atom stereocenters. The van der Waals surface area contributed by atoms with Gasteiger partial charge in [0.15, 0.2) is 0 Å². The van der Waals surface area contributed by atoms with Crippen molar-refractivity contribution in [2.24, 2.45) is 11.8 Å². The first-order chi connectivity index (χ1) is 8.42. The molecule has 1 aliphatic heterocycles. The number of rotatable bonds is 6. The lowest BCUT2D eigenvalue weighted by Crippen LogP contribution is -2.27. The van der Waals surface area contributed by atoms with E-state index in [9.17, 15) is 0 Å². The summed E-state index contributed by atoms with van der Waals surface area (Å²) in [4.78, 5) is 0. The van der Waals surface area contributed by atoms with Crippen LogP contribution in [0.5, 0.6) is 0 Å². The summed E-state index contributed by atoms with van der Waals surface area (Å²) in [6, 6.07) is 0.884. The lowest BCUT2D eigenvalue weighted by molar-refractivity contribution is 0.0959. The molecule has 0 radical (unpaired) electrons. The lowest BCUT2D eigenvalue weighted by atomic mass is 9.90. The Bertz CT molecular complexity index is 233. The maximum Gasteiger partial charge on any atom is 0.0576 e. The molecule has 0 spiro atoms. The molecule has 3 fully saturated rings. The van der Waals surface area contributed by atoms with Crippen LogP contribution in [0, 0.1) is 11.8 Å². The van der Waals surface area contributed by atoms with E-state index in [2.05, 4.69) is 5.32 Å². The Balaban J connectivity index is 1.37. The van der Waals surface area contributed by atoms with E-state index in [-0.39, 0.29) is 0 Å². The normalized spacial score (nSPS) is 37.8. The van der Waals surface area contributed by atoms with E-state index in [0.717, 1.165) is 24.5 Å². The first kappa shape index (κ1) is 12.0. The zero-order valence-corrected chi connectivity index (χ0v) is 11.0. The van der Waals surface area contributed by atoms with Gasteiger partial charge in [0.2, 0.25) is 0 Å². The summed E-state index contributed by atoms with van der Waals surface area (Å²) in [5, 5.41) is 3.73. The van der Waals surface area contributed by atoms with Crippen molar-refractivity contribution in [2.75, 3.05) is 13.2 Å². The minimum Gasteiger partial charge on any atom is -0.378 e. The average molecular weight is 237 g/mol. The van der Waals surface area contributed by atoms with E-state index in [1.165, 1.54) is 64.3 Å². The number of hydrogen-bond donors (Lipinski definition) is 1. The largest absolute Gasteiger partial charge is 0.378 e. The summed E-state index contributed by atoms with van der Waals surface area (Å²) in [5.74, 6) is 1.96. The second kappa shape index (κ2) is 5.71. The van der Waals surface area contributed by atoms with E-state index >= 15 is 0 Å². The van der Waals surface area contributed by atoms with Crippen LogP contribution in [-0.2, 0) is 4.74 Å². The summed E-state index contributed by atoms with van der Waals surface area (Å²) >= 11 is 0. The number of hydrogen-bond acceptors (Lipinski definition) is 2. The molecule has 3 rings (SSSR count). The van der Waals surface area contributed by atoms with Gasteiger partial charge in [0.25, 0.3) is 0 Å². The van der Waals surface area contributed by atoms with Crippen molar-refractivity contribution >= 4 is 0 Å². The third-order valence-corrected chi connectivity index (χ3v) is 4.95. The standard InChI is InChI=1S/C15H27NO/c1-3-12(6-9-15-5-2-10-17-15)13(4-1)11-16-14-7-8-14/h12-16H,1-11H2. The molecule has 2 aliphatic carbocycles. The molecule has 0 aromatic rings. The minimum atomic E-state index is 0.604. The van der Waals surface area contributed by atoms with Gasteiger partial charge in [-0.05, 0) is 63.3 Å². The van der Waals surface area contributed by atoms with E-state index < -0.39 is 0 Å². The summed E-state index contributed by atoms with van der Waals surface area (Å²) < 4.78 is 5.74. The van der Waals surface area contributed by atoms with Crippen LogP contribution in [0.4, 0.5) is 0 Å². The van der Waals surface area contributed by atoms with Crippen molar-refractivity contribution in [2.45, 2.75) is 69.9 Å². The molecule has 0 amide bonds. The maximum atomic E-state index is 5.74. The van der Waals surface area contributed by atoms with E-state index in [1.54, 1.807) is 0 Å². The highest BCUT2D eigenvalue weighted by atomic mass is 16.5. The molecule has 1 saturated heterocycles. The van der Waals surface area contributed by atoms with Crippen molar-refractivity contribution in [1.82, 2.24) is 5.32 Å². The van der Waals surface area contributed by atoms with Crippen molar-refractivity contribution in [3.63, 3.8) is 0 Å². The van der Waals surface area contributed by atoms with Gasteiger partial charge in [-0.1, -0.05) is 12.8 Å². The van der Waals surface area contributed by atoms with Gasteiger partial charge in [0, 0.05) is 12.6 Å². The molecule has 0 bridgehead atoms. The minimum absolute atomic E-state index is 0.604. The Hall–Kier alpha value is -0.0800. The zero-order valence-electron chi connectivity index (χ0n) is 11.0. The predicted octanol–water partition coefficient (Wildman–Crippen LogP) is 3.11. The molecule has 17 heavy (non-hydrogen) atoms. The fourth-order valence-corrected chi connectivity index (χ4v) is 3.64. The van der Waals surface area contributed by atoms with Crippen molar-refractivity contribution in [1.29, 1.82) is 0 Å². The summed E-state index contributed by atoms with van der Waals surface area (Å²) in [6.45, 7) is 2.31. The van der Waals surface area contributed by atoms with Crippen LogP contribution in [-0.4, -0.2) is 25.3 Å². The molecule has 1 N–H and O–H groups in total. The molecule has 2 nitrogen and oxygen atoms in total. The Morgan fingerprint density at radius 2 is 1.76 bits per heavy atom. The van der Waals surface area contributed by atoms with Crippen LogP contribution in [0.2, 0.25) is 0 Å². The number of nitrogens with one attached hydrogen (secondary N) is 1. The Morgan fingerprint density at radius 1 is 0.882 bits per heavy atom. The zero-order chi connectivity index (χ0) is 11.5. The maximum absolute atomic E-state index is 5.74. The van der Waals surface area contributed by atoms with Crippen LogP contribution in [0.3, 0.4) is 0 Å². The van der Waals surface area contributed by atoms with Crippen LogP contribution < -0.4 is 5.32 Å². The van der Waals surface area contributed by atoms with Gasteiger partial charge in [-0.25, -0.2) is 0 Å². The van der Waals surface area contributed by atoms with Gasteiger partial charge in [-0.2, -0.15) is 0 Å². The topological polar surface area (TPSA) is 21.3 Å². The third-order valence-electron chi connectivity index (χ3n) is 4.95. The first-order valence-corrected chi connectivity index (χ1v) is 7.77. The average Bonchev–Trinajstić information content (AvgIpc) is 2.86. The molecule has 2 heteroatoms. The summed E-state index contributed by atoms with van der Waals surface area (Å²) in [6.07, 6.45) is 13.2. The van der Waals surface area contributed by atoms with Gasteiger partial charge in [0.05, 0.1) is 6.10 Å². The molecular weight excluding hydrogens is 210 g/mol. The Kier molecular flexibility index (Phi) is 4.02. The second-order valence-electron chi connectivity index (χ2n) is 6.35. The fraction of sp³-hybridized carbons (Fsp3) is 1.00. The lowest BCUT2D eigenvalue weighted by Gasteiger charge is -2.21. The second-order valence-corrected chi connectivity index (χ2v) is 6.35. The molecule has 98 valence electrons. The van der Waals surface area contributed by atoms with Gasteiger partial charge in [0.1, 0.15) is 0 Å². The van der Waals surface area contributed by atoms with Crippen LogP contribution in [0.25, 0.3) is 0 Å². The molecule has 3 aliphatic rings. The van der Waals surface area contributed by atoms with E-state index in [4.69, 9.17) is 4.74 Å². The van der Waals surface area contributed by atoms with Gasteiger partial charge in [-0.15, -0.1) is 0 Å². The molecule has 2 saturated carbocycles. The van der Waals surface area contributed by atoms with E-state index in [1.807, 2.05) is 0 Å². The fourth-order valence-electron chi connectivity index (χ4n) is 3.64. The highest BCUT2D eigenvalue weighted by molar-refractivity contribution is 4.85. The Labute approximate surface area is 105 Å². The van der Waals surface area contributed by atoms with Crippen molar-refractivity contribution < 1.29 is 4.74 Å². The van der Waals surface area contributed by atoms with Crippen LogP contribution in [0.1, 0.15) is 57.8 Å². The first-order valence-electron chi connectivity index (χ1n) is 7.77. The quantitative estimate of drug-likeness (QED) is 0.766. The smallest absolute Gasteiger partial charge is 0.0576 e. The van der Waals surface area contributed by atoms with E-state index in [0.29, 0.717) is 6.10 Å². The molecular formula is C15H27NO. The SMILES string of the molecule is C1COC(CCC2CCCC2CNC2CC2)C1. The summed E-state index contributed by atoms with van der Waals surface area (Å²) in [7, 11) is 0. The van der Waals surface area contributed by atoms with Crippen LogP contribution >= 0.6 is 0 Å². The monoisotopic (exact) mass is 237 g/mol.